The number of hydrogen-bond donors (Lipinski definition) is 3. The standard InChI is InChI=1S/C10H14N6O4S/c1-3-20-10-13-9(14-15-10)12-8(17)7-4-6(5-16(7)2)21(11,18)19/h4-5H,3H2,1-2H3,(H2,11,18,19)(H2,12,13,14,15,17). The number of nitrogens with two attached hydrogens (primary N) is 1. The molecule has 0 aromatic carbocycles. The van der Waals surface area contributed by atoms with E-state index in [0.717, 1.165) is 0 Å². The quantitative estimate of drug-likeness (QED) is 0.674. The van der Waals surface area contributed by atoms with Crippen LogP contribution >= 0.6 is 0 Å². The number of aryl methyl sites for hydroxylation is 1. The summed E-state index contributed by atoms with van der Waals surface area (Å²) >= 11 is 0. The summed E-state index contributed by atoms with van der Waals surface area (Å²) in [6.45, 7) is 2.16. The van der Waals surface area contributed by atoms with Gasteiger partial charge in [-0.15, -0.1) is 5.10 Å². The molecule has 0 aliphatic rings. The van der Waals surface area contributed by atoms with Gasteiger partial charge in [-0.3, -0.25) is 10.1 Å². The summed E-state index contributed by atoms with van der Waals surface area (Å²) < 4.78 is 28.9. The van der Waals surface area contributed by atoms with E-state index in [-0.39, 0.29) is 22.5 Å². The van der Waals surface area contributed by atoms with Crippen LogP contribution in [0.3, 0.4) is 0 Å². The molecule has 0 aliphatic heterocycles. The van der Waals surface area contributed by atoms with Crippen molar-refractivity contribution in [3.8, 4) is 6.01 Å². The van der Waals surface area contributed by atoms with Gasteiger partial charge in [-0.2, -0.15) is 4.98 Å². The van der Waals surface area contributed by atoms with Gasteiger partial charge in [-0.05, 0) is 13.0 Å². The molecule has 21 heavy (non-hydrogen) atoms. The molecule has 10 nitrogen and oxygen atoms in total. The van der Waals surface area contributed by atoms with E-state index in [2.05, 4.69) is 20.5 Å². The lowest BCUT2D eigenvalue weighted by molar-refractivity contribution is 0.101. The van der Waals surface area contributed by atoms with Gasteiger partial charge in [-0.1, -0.05) is 0 Å². The van der Waals surface area contributed by atoms with Crippen molar-refractivity contribution < 1.29 is 17.9 Å². The van der Waals surface area contributed by atoms with Crippen LogP contribution in [0.4, 0.5) is 5.95 Å². The first-order valence-electron chi connectivity index (χ1n) is 5.87. The average Bonchev–Trinajstić information content (AvgIpc) is 2.96. The first-order chi connectivity index (χ1) is 9.81. The van der Waals surface area contributed by atoms with Gasteiger partial charge in [0.1, 0.15) is 10.6 Å². The van der Waals surface area contributed by atoms with Crippen LogP contribution in [-0.2, 0) is 17.1 Å². The molecule has 2 heterocycles. The lowest BCUT2D eigenvalue weighted by Gasteiger charge is -2.01. The second-order valence-corrected chi connectivity index (χ2v) is 5.63. The number of carbonyl (C=O) groups is 1. The Morgan fingerprint density at radius 3 is 2.86 bits per heavy atom. The number of ether oxygens (including phenoxy) is 1. The molecule has 4 N–H and O–H groups in total. The molecule has 114 valence electrons. The van der Waals surface area contributed by atoms with Crippen molar-refractivity contribution in [1.29, 1.82) is 0 Å². The van der Waals surface area contributed by atoms with Crippen molar-refractivity contribution in [3.05, 3.63) is 18.0 Å². The van der Waals surface area contributed by atoms with Gasteiger partial charge in [-0.25, -0.2) is 18.7 Å². The van der Waals surface area contributed by atoms with Gasteiger partial charge >= 0.3 is 6.01 Å². The normalized spacial score (nSPS) is 11.4. The SMILES string of the molecule is CCOc1n[nH]c(NC(=O)c2cc(S(N)(=O)=O)cn2C)n1. The zero-order valence-corrected chi connectivity index (χ0v) is 12.1. The second kappa shape index (κ2) is 5.54. The van der Waals surface area contributed by atoms with Gasteiger partial charge in [0.15, 0.2) is 0 Å². The van der Waals surface area contributed by atoms with Crippen LogP contribution in [0.1, 0.15) is 17.4 Å². The highest BCUT2D eigenvalue weighted by Gasteiger charge is 2.18. The number of aromatic amines is 1. The molecular weight excluding hydrogens is 300 g/mol. The fourth-order valence-corrected chi connectivity index (χ4v) is 2.16. The molecule has 0 fully saturated rings. The van der Waals surface area contributed by atoms with E-state index in [1.165, 1.54) is 23.9 Å². The van der Waals surface area contributed by atoms with E-state index in [1.54, 1.807) is 6.92 Å². The predicted molar refractivity (Wildman–Crippen MR) is 72.3 cm³/mol. The van der Waals surface area contributed by atoms with E-state index in [4.69, 9.17) is 9.88 Å². The molecule has 0 saturated carbocycles. The molecular formula is C10H14N6O4S. The van der Waals surface area contributed by atoms with Gasteiger partial charge in [0.25, 0.3) is 5.91 Å². The topological polar surface area (TPSA) is 145 Å². The van der Waals surface area contributed by atoms with E-state index < -0.39 is 15.9 Å². The average molecular weight is 314 g/mol. The van der Waals surface area contributed by atoms with Gasteiger partial charge in [0.2, 0.25) is 16.0 Å². The Labute approximate surface area is 120 Å². The van der Waals surface area contributed by atoms with Crippen LogP contribution in [0.5, 0.6) is 6.01 Å². The summed E-state index contributed by atoms with van der Waals surface area (Å²) in [5.41, 5.74) is 0.105. The van der Waals surface area contributed by atoms with E-state index in [9.17, 15) is 13.2 Å². The number of anilines is 1. The fraction of sp³-hybridized carbons (Fsp3) is 0.300. The molecule has 0 radical (unpaired) electrons. The number of primary sulfonamides is 1. The van der Waals surface area contributed by atoms with Crippen molar-refractivity contribution in [2.45, 2.75) is 11.8 Å². The molecule has 0 unspecified atom stereocenters. The highest BCUT2D eigenvalue weighted by atomic mass is 32.2. The van der Waals surface area contributed by atoms with Crippen LogP contribution in [0.15, 0.2) is 17.2 Å². The van der Waals surface area contributed by atoms with Crippen molar-refractivity contribution in [3.63, 3.8) is 0 Å². The molecule has 11 heteroatoms. The molecule has 2 aromatic heterocycles. The van der Waals surface area contributed by atoms with E-state index >= 15 is 0 Å². The summed E-state index contributed by atoms with van der Waals surface area (Å²) in [4.78, 5) is 15.8. The molecule has 0 saturated heterocycles. The van der Waals surface area contributed by atoms with Crippen molar-refractivity contribution in [1.82, 2.24) is 19.7 Å². The summed E-state index contributed by atoms with van der Waals surface area (Å²) in [5.74, 6) is -0.478. The summed E-state index contributed by atoms with van der Waals surface area (Å²) in [5, 5.41) is 13.6. The lowest BCUT2D eigenvalue weighted by Crippen LogP contribution is -2.16. The number of hydrogen-bond acceptors (Lipinski definition) is 6. The first kappa shape index (κ1) is 15.0. The number of rotatable bonds is 5. The minimum Gasteiger partial charge on any atom is -0.463 e. The molecule has 0 aliphatic carbocycles. The number of aromatic nitrogens is 4. The minimum absolute atomic E-state index is 0.0850. The summed E-state index contributed by atoms with van der Waals surface area (Å²) in [6, 6.07) is 1.27. The predicted octanol–water partition coefficient (Wildman–Crippen LogP) is -0.558. The lowest BCUT2D eigenvalue weighted by atomic mass is 10.4. The van der Waals surface area contributed by atoms with Crippen molar-refractivity contribution >= 4 is 21.9 Å². The fourth-order valence-electron chi connectivity index (χ4n) is 1.58. The van der Waals surface area contributed by atoms with Crippen molar-refractivity contribution in [2.24, 2.45) is 12.2 Å². The van der Waals surface area contributed by atoms with Crippen LogP contribution in [-0.4, -0.2) is 40.7 Å². The van der Waals surface area contributed by atoms with Crippen LogP contribution in [0.2, 0.25) is 0 Å². The van der Waals surface area contributed by atoms with Gasteiger partial charge in [0.05, 0.1) is 6.61 Å². The monoisotopic (exact) mass is 314 g/mol. The Kier molecular flexibility index (Phi) is 3.95. The number of carbonyl (C=O) groups excluding carboxylic acids is 1. The third-order valence-electron chi connectivity index (χ3n) is 2.51. The van der Waals surface area contributed by atoms with E-state index in [0.29, 0.717) is 6.61 Å². The Morgan fingerprint density at radius 2 is 2.29 bits per heavy atom. The Morgan fingerprint density at radius 1 is 1.57 bits per heavy atom. The number of sulfonamides is 1. The van der Waals surface area contributed by atoms with Crippen molar-refractivity contribution in [2.75, 3.05) is 11.9 Å². The van der Waals surface area contributed by atoms with Gasteiger partial charge < -0.3 is 9.30 Å². The van der Waals surface area contributed by atoms with Crippen LogP contribution in [0.25, 0.3) is 0 Å². The Balaban J connectivity index is 2.18. The number of H-pyrrole nitrogens is 1. The summed E-state index contributed by atoms with van der Waals surface area (Å²) in [7, 11) is -2.35. The summed E-state index contributed by atoms with van der Waals surface area (Å²) in [6.07, 6.45) is 1.25. The number of nitrogens with one attached hydrogen (secondary N) is 2. The highest BCUT2D eigenvalue weighted by molar-refractivity contribution is 7.89. The zero-order chi connectivity index (χ0) is 15.6. The molecule has 0 atom stereocenters. The largest absolute Gasteiger partial charge is 0.463 e. The maximum Gasteiger partial charge on any atom is 0.337 e. The minimum atomic E-state index is -3.87. The number of nitrogens with zero attached hydrogens (tertiary/aromatic N) is 3. The molecule has 0 bridgehead atoms. The third kappa shape index (κ3) is 3.38. The first-order valence-corrected chi connectivity index (χ1v) is 7.41. The van der Waals surface area contributed by atoms with Crippen LogP contribution in [0, 0.1) is 0 Å². The molecule has 2 rings (SSSR count). The maximum atomic E-state index is 12.0. The number of amides is 1. The Hall–Kier alpha value is -2.40. The third-order valence-corrected chi connectivity index (χ3v) is 3.39. The highest BCUT2D eigenvalue weighted by Crippen LogP contribution is 2.13. The smallest absolute Gasteiger partial charge is 0.337 e. The zero-order valence-electron chi connectivity index (χ0n) is 11.3. The molecule has 0 spiro atoms. The molecule has 1 amide bonds. The second-order valence-electron chi connectivity index (χ2n) is 4.07. The maximum absolute atomic E-state index is 12.0. The van der Waals surface area contributed by atoms with Crippen LogP contribution < -0.4 is 15.2 Å². The van der Waals surface area contributed by atoms with E-state index in [1.807, 2.05) is 0 Å². The van der Waals surface area contributed by atoms with Gasteiger partial charge in [0, 0.05) is 13.2 Å². The molecule has 2 aromatic rings. The Bertz CT molecular complexity index is 762.